The van der Waals surface area contributed by atoms with Gasteiger partial charge in [-0.2, -0.15) is 4.68 Å². The minimum atomic E-state index is 0.0614. The number of hydrogen-bond acceptors (Lipinski definition) is 5. The van der Waals surface area contributed by atoms with Crippen LogP contribution in [0.5, 0.6) is 0 Å². The second kappa shape index (κ2) is 6.87. The summed E-state index contributed by atoms with van der Waals surface area (Å²) in [6.45, 7) is 4.12. The van der Waals surface area contributed by atoms with Crippen molar-refractivity contribution in [3.63, 3.8) is 0 Å². The Balaban J connectivity index is 1.25. The molecule has 4 bridgehead atoms. The lowest BCUT2D eigenvalue weighted by atomic mass is 9.53. The van der Waals surface area contributed by atoms with Crippen molar-refractivity contribution in [1.29, 1.82) is 0 Å². The highest BCUT2D eigenvalue weighted by Crippen LogP contribution is 2.55. The predicted octanol–water partition coefficient (Wildman–Crippen LogP) is 3.46. The second-order valence-electron chi connectivity index (χ2n) is 9.20. The quantitative estimate of drug-likeness (QED) is 0.782. The molecule has 0 saturated heterocycles. The van der Waals surface area contributed by atoms with Gasteiger partial charge in [0.25, 0.3) is 0 Å². The highest BCUT2D eigenvalue weighted by Gasteiger charge is 2.51. The van der Waals surface area contributed by atoms with Crippen molar-refractivity contribution in [3.05, 3.63) is 29.3 Å². The van der Waals surface area contributed by atoms with Gasteiger partial charge in [0.1, 0.15) is 0 Å². The summed E-state index contributed by atoms with van der Waals surface area (Å²) in [4.78, 5) is 12.8. The fraction of sp³-hybridized carbons (Fsp3) is 0.619. The van der Waals surface area contributed by atoms with Gasteiger partial charge in [-0.15, -0.1) is 5.10 Å². The fourth-order valence-corrected chi connectivity index (χ4v) is 6.87. The lowest BCUT2D eigenvalue weighted by molar-refractivity contribution is -0.124. The Morgan fingerprint density at radius 2 is 1.86 bits per heavy atom. The van der Waals surface area contributed by atoms with E-state index in [9.17, 15) is 4.79 Å². The van der Waals surface area contributed by atoms with Crippen molar-refractivity contribution < 1.29 is 4.79 Å². The summed E-state index contributed by atoms with van der Waals surface area (Å²) in [5, 5.41) is 16.2. The zero-order chi connectivity index (χ0) is 19.3. The fourth-order valence-electron chi connectivity index (χ4n) is 6.19. The number of nitrogens with zero attached hydrogens (tertiary/aromatic N) is 4. The molecule has 0 aliphatic heterocycles. The summed E-state index contributed by atoms with van der Waals surface area (Å²) in [5.74, 6) is 2.96. The van der Waals surface area contributed by atoms with Crippen LogP contribution in [0.4, 0.5) is 0 Å². The average molecular weight is 398 g/mol. The van der Waals surface area contributed by atoms with Gasteiger partial charge in [-0.05, 0) is 92.2 Å². The number of nitrogens with one attached hydrogen (secondary N) is 1. The van der Waals surface area contributed by atoms with Crippen LogP contribution in [-0.2, 0) is 4.79 Å². The molecule has 28 heavy (non-hydrogen) atoms. The molecular weight excluding hydrogens is 370 g/mol. The second-order valence-corrected chi connectivity index (χ2v) is 10.1. The molecule has 1 N–H and O–H groups in total. The molecule has 4 aliphatic carbocycles. The summed E-state index contributed by atoms with van der Waals surface area (Å²) >= 11 is 1.41. The third-order valence-electron chi connectivity index (χ3n) is 6.80. The van der Waals surface area contributed by atoms with Crippen molar-refractivity contribution >= 4 is 17.7 Å². The van der Waals surface area contributed by atoms with Crippen LogP contribution < -0.4 is 5.32 Å². The Labute approximate surface area is 169 Å². The van der Waals surface area contributed by atoms with E-state index in [2.05, 4.69) is 46.8 Å². The molecule has 6 rings (SSSR count). The number of aromatic nitrogens is 4. The van der Waals surface area contributed by atoms with E-state index in [0.29, 0.717) is 10.9 Å². The summed E-state index contributed by atoms with van der Waals surface area (Å²) in [6.07, 6.45) is 7.68. The van der Waals surface area contributed by atoms with Crippen LogP contribution in [0.2, 0.25) is 0 Å². The monoisotopic (exact) mass is 397 g/mol. The smallest absolute Gasteiger partial charge is 0.230 e. The van der Waals surface area contributed by atoms with Gasteiger partial charge >= 0.3 is 0 Å². The van der Waals surface area contributed by atoms with Crippen LogP contribution in [0.25, 0.3) is 5.69 Å². The Morgan fingerprint density at radius 3 is 2.50 bits per heavy atom. The lowest BCUT2D eigenvalue weighted by Gasteiger charge is -2.56. The van der Waals surface area contributed by atoms with Crippen molar-refractivity contribution in [1.82, 2.24) is 25.5 Å². The third-order valence-corrected chi connectivity index (χ3v) is 7.72. The zero-order valence-corrected chi connectivity index (χ0v) is 17.3. The maximum absolute atomic E-state index is 12.8. The molecule has 0 spiro atoms. The molecule has 1 aromatic carbocycles. The lowest BCUT2D eigenvalue weighted by Crippen LogP contribution is -2.60. The third kappa shape index (κ3) is 3.34. The molecule has 7 heteroatoms. The first-order valence-corrected chi connectivity index (χ1v) is 11.3. The van der Waals surface area contributed by atoms with Crippen LogP contribution in [0.15, 0.2) is 23.4 Å². The van der Waals surface area contributed by atoms with E-state index in [1.165, 1.54) is 55.9 Å². The number of carbonyl (C=O) groups is 1. The molecule has 0 atom stereocenters. The molecule has 2 aromatic rings. The van der Waals surface area contributed by atoms with Crippen LogP contribution in [0, 0.1) is 31.6 Å². The standard InChI is InChI=1S/C21H27N5OS/c1-13-3-4-18(14(2)5-13)26-20(23-24-25-26)28-12-19(27)22-21-9-15-6-16(10-21)8-17(7-15)11-21/h3-5,15-17H,6-12H2,1-2H3,(H,22,27). The highest BCUT2D eigenvalue weighted by atomic mass is 32.2. The Morgan fingerprint density at radius 1 is 1.18 bits per heavy atom. The molecule has 4 saturated carbocycles. The van der Waals surface area contributed by atoms with E-state index in [1.807, 2.05) is 6.07 Å². The van der Waals surface area contributed by atoms with Gasteiger partial charge in [-0.3, -0.25) is 4.79 Å². The van der Waals surface area contributed by atoms with Gasteiger partial charge in [-0.1, -0.05) is 29.5 Å². The maximum Gasteiger partial charge on any atom is 0.230 e. The van der Waals surface area contributed by atoms with Crippen molar-refractivity contribution in [3.8, 4) is 5.69 Å². The van der Waals surface area contributed by atoms with Crippen LogP contribution >= 0.6 is 11.8 Å². The molecule has 148 valence electrons. The molecule has 1 aromatic heterocycles. The van der Waals surface area contributed by atoms with Crippen molar-refractivity contribution in [2.45, 2.75) is 63.1 Å². The summed E-state index contributed by atoms with van der Waals surface area (Å²) in [7, 11) is 0. The Kier molecular flexibility index (Phi) is 4.45. The molecule has 0 radical (unpaired) electrons. The molecular formula is C21H27N5OS. The number of hydrogen-bond donors (Lipinski definition) is 1. The zero-order valence-electron chi connectivity index (χ0n) is 16.5. The highest BCUT2D eigenvalue weighted by molar-refractivity contribution is 7.99. The molecule has 1 amide bonds. The van der Waals surface area contributed by atoms with Crippen molar-refractivity contribution in [2.24, 2.45) is 17.8 Å². The van der Waals surface area contributed by atoms with Gasteiger partial charge in [-0.25, -0.2) is 0 Å². The first-order chi connectivity index (χ1) is 13.5. The summed E-state index contributed by atoms with van der Waals surface area (Å²) < 4.78 is 1.73. The number of thioether (sulfide) groups is 1. The number of aryl methyl sites for hydroxylation is 2. The number of tetrazole rings is 1. The minimum Gasteiger partial charge on any atom is -0.350 e. The normalized spacial score (nSPS) is 30.6. The first kappa shape index (κ1) is 18.2. The number of rotatable bonds is 5. The topological polar surface area (TPSA) is 72.7 Å². The van der Waals surface area contributed by atoms with E-state index in [0.717, 1.165) is 29.0 Å². The van der Waals surface area contributed by atoms with Crippen LogP contribution in [-0.4, -0.2) is 37.4 Å². The summed E-state index contributed by atoms with van der Waals surface area (Å²) in [6, 6.07) is 6.20. The van der Waals surface area contributed by atoms with Crippen LogP contribution in [0.3, 0.4) is 0 Å². The van der Waals surface area contributed by atoms with Gasteiger partial charge in [0.15, 0.2) is 0 Å². The Bertz CT molecular complexity index is 873. The van der Waals surface area contributed by atoms with E-state index >= 15 is 0 Å². The minimum absolute atomic E-state index is 0.0614. The number of benzene rings is 1. The van der Waals surface area contributed by atoms with E-state index in [4.69, 9.17) is 0 Å². The van der Waals surface area contributed by atoms with Crippen LogP contribution in [0.1, 0.15) is 49.7 Å². The number of amides is 1. The van der Waals surface area contributed by atoms with Gasteiger partial charge in [0, 0.05) is 5.54 Å². The van der Waals surface area contributed by atoms with E-state index in [-0.39, 0.29) is 11.4 Å². The van der Waals surface area contributed by atoms with Gasteiger partial charge in [0.2, 0.25) is 11.1 Å². The number of carbonyl (C=O) groups excluding carboxylic acids is 1. The molecule has 4 fully saturated rings. The van der Waals surface area contributed by atoms with Crippen molar-refractivity contribution in [2.75, 3.05) is 5.75 Å². The molecule has 6 nitrogen and oxygen atoms in total. The molecule has 0 unspecified atom stereocenters. The largest absolute Gasteiger partial charge is 0.350 e. The average Bonchev–Trinajstić information content (AvgIpc) is 3.06. The van der Waals surface area contributed by atoms with Gasteiger partial charge in [0.05, 0.1) is 11.4 Å². The molecule has 1 heterocycles. The molecule has 4 aliphatic rings. The Hall–Kier alpha value is -1.89. The van der Waals surface area contributed by atoms with E-state index < -0.39 is 0 Å². The first-order valence-electron chi connectivity index (χ1n) is 10.3. The van der Waals surface area contributed by atoms with Gasteiger partial charge < -0.3 is 5.32 Å². The predicted molar refractivity (Wildman–Crippen MR) is 108 cm³/mol. The SMILES string of the molecule is Cc1ccc(-n2nnnc2SCC(=O)NC23CC4CC(CC(C4)C2)C3)c(C)c1. The summed E-state index contributed by atoms with van der Waals surface area (Å²) in [5.41, 5.74) is 3.34. The maximum atomic E-state index is 12.8. The van der Waals surface area contributed by atoms with E-state index in [1.54, 1.807) is 4.68 Å².